The molecule has 2 rings (SSSR count). The molecule has 0 aliphatic heterocycles. The summed E-state index contributed by atoms with van der Waals surface area (Å²) in [6, 6.07) is 11.8. The topological polar surface area (TPSA) is 29.1 Å². The van der Waals surface area contributed by atoms with E-state index in [4.69, 9.17) is 0 Å². The number of hydrogen-bond donors (Lipinski definition) is 1. The summed E-state index contributed by atoms with van der Waals surface area (Å²) in [5.74, 6) is -1.88. The van der Waals surface area contributed by atoms with Crippen molar-refractivity contribution in [1.82, 2.24) is 5.32 Å². The molecule has 0 heterocycles. The molecule has 0 atom stereocenters. The predicted molar refractivity (Wildman–Crippen MR) is 83.6 cm³/mol. The minimum absolute atomic E-state index is 0.258. The molecule has 0 saturated heterocycles. The van der Waals surface area contributed by atoms with Crippen LogP contribution in [-0.4, -0.2) is 18.2 Å². The minimum Gasteiger partial charge on any atom is -0.351 e. The predicted octanol–water partition coefficient (Wildman–Crippen LogP) is 4.25. The molecule has 1 amide bonds. The van der Waals surface area contributed by atoms with Crippen LogP contribution in [0.5, 0.6) is 0 Å². The maximum Gasteiger partial charge on any atom is 0.257 e. The summed E-state index contributed by atoms with van der Waals surface area (Å²) < 4.78 is 27.5. The summed E-state index contributed by atoms with van der Waals surface area (Å²) in [4.78, 5) is 12.9. The van der Waals surface area contributed by atoms with Crippen molar-refractivity contribution in [2.75, 3.05) is 12.3 Å². The van der Waals surface area contributed by atoms with Crippen LogP contribution in [0.1, 0.15) is 10.4 Å². The summed E-state index contributed by atoms with van der Waals surface area (Å²) in [6.07, 6.45) is 0. The third-order valence-corrected chi connectivity index (χ3v) is 4.11. The monoisotopic (exact) mass is 371 g/mol. The Morgan fingerprint density at radius 3 is 2.38 bits per heavy atom. The Hall–Kier alpha value is -1.40. The van der Waals surface area contributed by atoms with Gasteiger partial charge in [0.1, 0.15) is 17.2 Å². The molecule has 1 N–H and O–H groups in total. The van der Waals surface area contributed by atoms with Gasteiger partial charge in [0, 0.05) is 21.7 Å². The lowest BCUT2D eigenvalue weighted by atomic mass is 10.2. The molecule has 6 heteroatoms. The van der Waals surface area contributed by atoms with Crippen LogP contribution in [0.2, 0.25) is 0 Å². The van der Waals surface area contributed by atoms with Gasteiger partial charge in [0.2, 0.25) is 0 Å². The fraction of sp³-hybridized carbons (Fsp3) is 0.133. The second kappa shape index (κ2) is 7.56. The molecule has 2 aromatic rings. The molecule has 21 heavy (non-hydrogen) atoms. The molecule has 110 valence electrons. The quantitative estimate of drug-likeness (QED) is 0.628. The highest BCUT2D eigenvalue weighted by Gasteiger charge is 2.17. The van der Waals surface area contributed by atoms with E-state index in [1.54, 1.807) is 11.8 Å². The summed E-state index contributed by atoms with van der Waals surface area (Å²) in [7, 11) is 0. The van der Waals surface area contributed by atoms with E-state index in [1.165, 1.54) is 0 Å². The average molecular weight is 372 g/mol. The van der Waals surface area contributed by atoms with Crippen molar-refractivity contribution in [3.05, 3.63) is 64.1 Å². The SMILES string of the molecule is O=C(NCCSc1ccccc1)c1c(F)cc(Br)cc1F. The summed E-state index contributed by atoms with van der Waals surface area (Å²) in [5.41, 5.74) is -0.553. The lowest BCUT2D eigenvalue weighted by molar-refractivity contribution is 0.0947. The summed E-state index contributed by atoms with van der Waals surface area (Å²) >= 11 is 4.53. The number of nitrogens with one attached hydrogen (secondary N) is 1. The number of benzene rings is 2. The van der Waals surface area contributed by atoms with E-state index in [0.717, 1.165) is 17.0 Å². The fourth-order valence-electron chi connectivity index (χ4n) is 1.70. The lowest BCUT2D eigenvalue weighted by Crippen LogP contribution is -2.27. The van der Waals surface area contributed by atoms with E-state index in [1.807, 2.05) is 30.3 Å². The first-order chi connectivity index (χ1) is 10.1. The molecule has 0 aromatic heterocycles. The van der Waals surface area contributed by atoms with Crippen LogP contribution < -0.4 is 5.32 Å². The molecule has 0 saturated carbocycles. The number of hydrogen-bond acceptors (Lipinski definition) is 2. The van der Waals surface area contributed by atoms with Crippen LogP contribution in [-0.2, 0) is 0 Å². The first-order valence-electron chi connectivity index (χ1n) is 6.18. The zero-order valence-corrected chi connectivity index (χ0v) is 13.3. The third kappa shape index (κ3) is 4.54. The highest BCUT2D eigenvalue weighted by atomic mass is 79.9. The first-order valence-corrected chi connectivity index (χ1v) is 7.96. The lowest BCUT2D eigenvalue weighted by Gasteiger charge is -2.07. The van der Waals surface area contributed by atoms with Gasteiger partial charge in [0.05, 0.1) is 0 Å². The van der Waals surface area contributed by atoms with E-state index < -0.39 is 23.1 Å². The van der Waals surface area contributed by atoms with Crippen LogP contribution in [0.15, 0.2) is 51.8 Å². The van der Waals surface area contributed by atoms with E-state index in [9.17, 15) is 13.6 Å². The highest BCUT2D eigenvalue weighted by Crippen LogP contribution is 2.19. The van der Waals surface area contributed by atoms with E-state index in [2.05, 4.69) is 21.2 Å². The highest BCUT2D eigenvalue weighted by molar-refractivity contribution is 9.10. The van der Waals surface area contributed by atoms with Gasteiger partial charge >= 0.3 is 0 Å². The van der Waals surface area contributed by atoms with Crippen molar-refractivity contribution in [1.29, 1.82) is 0 Å². The van der Waals surface area contributed by atoms with Crippen LogP contribution in [0.3, 0.4) is 0 Å². The van der Waals surface area contributed by atoms with Gasteiger partial charge in [0.15, 0.2) is 0 Å². The van der Waals surface area contributed by atoms with E-state index in [0.29, 0.717) is 12.3 Å². The molecule has 0 unspecified atom stereocenters. The van der Waals surface area contributed by atoms with Gasteiger partial charge < -0.3 is 5.32 Å². The first kappa shape index (κ1) is 16.0. The van der Waals surface area contributed by atoms with E-state index >= 15 is 0 Å². The molecule has 0 spiro atoms. The number of carbonyl (C=O) groups is 1. The van der Waals surface area contributed by atoms with Crippen molar-refractivity contribution < 1.29 is 13.6 Å². The Kier molecular flexibility index (Phi) is 5.76. The Bertz CT molecular complexity index is 614. The van der Waals surface area contributed by atoms with Gasteiger partial charge in [-0.2, -0.15) is 0 Å². The Balaban J connectivity index is 1.88. The summed E-state index contributed by atoms with van der Waals surface area (Å²) in [6.45, 7) is 0.327. The second-order valence-electron chi connectivity index (χ2n) is 4.16. The third-order valence-electron chi connectivity index (χ3n) is 2.63. The van der Waals surface area contributed by atoms with Gasteiger partial charge in [-0.05, 0) is 24.3 Å². The van der Waals surface area contributed by atoms with Gasteiger partial charge in [-0.1, -0.05) is 34.1 Å². The minimum atomic E-state index is -0.880. The maximum atomic E-state index is 13.6. The molecular formula is C15H12BrF2NOS. The molecule has 2 aromatic carbocycles. The molecule has 0 bridgehead atoms. The van der Waals surface area contributed by atoms with Gasteiger partial charge in [0.25, 0.3) is 5.91 Å². The zero-order valence-electron chi connectivity index (χ0n) is 10.9. The molecule has 0 radical (unpaired) electrons. The van der Waals surface area contributed by atoms with Gasteiger partial charge in [-0.15, -0.1) is 11.8 Å². The van der Waals surface area contributed by atoms with Gasteiger partial charge in [-0.3, -0.25) is 4.79 Å². The summed E-state index contributed by atoms with van der Waals surface area (Å²) in [5, 5.41) is 2.52. The molecule has 0 fully saturated rings. The maximum absolute atomic E-state index is 13.6. The van der Waals surface area contributed by atoms with Crippen molar-refractivity contribution in [3.63, 3.8) is 0 Å². The fourth-order valence-corrected chi connectivity index (χ4v) is 2.89. The molecule has 0 aliphatic rings. The Morgan fingerprint density at radius 2 is 1.76 bits per heavy atom. The van der Waals surface area contributed by atoms with Crippen LogP contribution in [0, 0.1) is 11.6 Å². The van der Waals surface area contributed by atoms with Crippen molar-refractivity contribution in [2.24, 2.45) is 0 Å². The largest absolute Gasteiger partial charge is 0.351 e. The number of rotatable bonds is 5. The Morgan fingerprint density at radius 1 is 1.14 bits per heavy atom. The number of thioether (sulfide) groups is 1. The second-order valence-corrected chi connectivity index (χ2v) is 6.25. The number of halogens is 3. The average Bonchev–Trinajstić information content (AvgIpc) is 2.43. The Labute approximate surface area is 134 Å². The normalized spacial score (nSPS) is 10.4. The van der Waals surface area contributed by atoms with Crippen LogP contribution in [0.25, 0.3) is 0 Å². The smallest absolute Gasteiger partial charge is 0.257 e. The van der Waals surface area contributed by atoms with Crippen molar-refractivity contribution in [3.8, 4) is 0 Å². The number of carbonyl (C=O) groups excluding carboxylic acids is 1. The zero-order chi connectivity index (χ0) is 15.2. The molecular weight excluding hydrogens is 360 g/mol. The van der Waals surface area contributed by atoms with Crippen LogP contribution in [0.4, 0.5) is 8.78 Å². The molecule has 2 nitrogen and oxygen atoms in total. The van der Waals surface area contributed by atoms with Gasteiger partial charge in [-0.25, -0.2) is 8.78 Å². The van der Waals surface area contributed by atoms with E-state index in [-0.39, 0.29) is 4.47 Å². The van der Waals surface area contributed by atoms with Crippen molar-refractivity contribution in [2.45, 2.75) is 4.90 Å². The van der Waals surface area contributed by atoms with Crippen LogP contribution >= 0.6 is 27.7 Å². The molecule has 0 aliphatic carbocycles. The number of amides is 1. The van der Waals surface area contributed by atoms with Crippen molar-refractivity contribution >= 4 is 33.6 Å². The standard InChI is InChI=1S/C15H12BrF2NOS/c16-10-8-12(17)14(13(18)9-10)15(20)19-6-7-21-11-4-2-1-3-5-11/h1-5,8-9H,6-7H2,(H,19,20).